The molecule has 0 fully saturated rings. The molecule has 2 aromatic carbocycles. The molecule has 1 aliphatic rings. The van der Waals surface area contributed by atoms with Gasteiger partial charge in [0.2, 0.25) is 5.76 Å². The van der Waals surface area contributed by atoms with Crippen molar-refractivity contribution < 1.29 is 23.6 Å². The molecule has 0 spiro atoms. The maximum Gasteiger partial charge on any atom is 0.399 e. The summed E-state index contributed by atoms with van der Waals surface area (Å²) in [6, 6.07) is 13.5. The molecule has 2 amide bonds. The topological polar surface area (TPSA) is 93.9 Å². The molecule has 0 N–H and O–H groups in total. The zero-order chi connectivity index (χ0) is 17.6. The highest BCUT2D eigenvalue weighted by molar-refractivity contribution is 6.21. The standard InChI is InChI=1S/C18H9NO6/c20-13-9-15(24-14-8-4-3-7-12(13)14)18(23)25-19-16(21)10-5-1-2-6-11(10)17(19)22/h1-9H. The molecule has 4 rings (SSSR count). The van der Waals surface area contributed by atoms with Gasteiger partial charge in [-0.25, -0.2) is 4.79 Å². The van der Waals surface area contributed by atoms with Gasteiger partial charge in [0, 0.05) is 6.07 Å². The number of carbonyl (C=O) groups excluding carboxylic acids is 3. The first-order chi connectivity index (χ1) is 12.1. The number of carbonyl (C=O) groups is 3. The summed E-state index contributed by atoms with van der Waals surface area (Å²) < 4.78 is 5.34. The van der Waals surface area contributed by atoms with Gasteiger partial charge in [-0.3, -0.25) is 14.4 Å². The molecule has 0 atom stereocenters. The first-order valence-corrected chi connectivity index (χ1v) is 7.29. The molecule has 7 nitrogen and oxygen atoms in total. The van der Waals surface area contributed by atoms with Crippen molar-refractivity contribution in [2.45, 2.75) is 0 Å². The minimum absolute atomic E-state index is 0.139. The second-order valence-electron chi connectivity index (χ2n) is 5.30. The predicted octanol–water partition coefficient (Wildman–Crippen LogP) is 2.16. The highest BCUT2D eigenvalue weighted by Crippen LogP contribution is 2.23. The van der Waals surface area contributed by atoms with Crippen LogP contribution in [0.2, 0.25) is 0 Å². The van der Waals surface area contributed by atoms with Crippen molar-refractivity contribution in [3.05, 3.63) is 81.7 Å². The average molecular weight is 335 g/mol. The molecule has 0 saturated heterocycles. The Morgan fingerprint density at radius 1 is 0.880 bits per heavy atom. The summed E-state index contributed by atoms with van der Waals surface area (Å²) in [4.78, 5) is 53.5. The van der Waals surface area contributed by atoms with E-state index in [-0.39, 0.29) is 16.7 Å². The smallest absolute Gasteiger partial charge is 0.399 e. The number of hydroxylamine groups is 2. The molecular formula is C18H9NO6. The fourth-order valence-electron chi connectivity index (χ4n) is 2.58. The van der Waals surface area contributed by atoms with Gasteiger partial charge in [-0.15, -0.1) is 0 Å². The number of hydrogen-bond acceptors (Lipinski definition) is 6. The molecule has 1 aliphatic heterocycles. The second kappa shape index (κ2) is 5.41. The molecule has 7 heteroatoms. The quantitative estimate of drug-likeness (QED) is 0.666. The van der Waals surface area contributed by atoms with Crippen LogP contribution in [-0.2, 0) is 4.84 Å². The number of amides is 2. The molecular weight excluding hydrogens is 326 g/mol. The molecule has 3 aromatic rings. The molecule has 122 valence electrons. The van der Waals surface area contributed by atoms with Crippen LogP contribution >= 0.6 is 0 Å². The van der Waals surface area contributed by atoms with Crippen LogP contribution < -0.4 is 5.43 Å². The van der Waals surface area contributed by atoms with E-state index in [9.17, 15) is 19.2 Å². The van der Waals surface area contributed by atoms with Crippen molar-refractivity contribution in [3.8, 4) is 0 Å². The van der Waals surface area contributed by atoms with Gasteiger partial charge in [-0.2, -0.15) is 0 Å². The van der Waals surface area contributed by atoms with E-state index in [4.69, 9.17) is 9.25 Å². The number of para-hydroxylation sites is 1. The summed E-state index contributed by atoms with van der Waals surface area (Å²) >= 11 is 0. The summed E-state index contributed by atoms with van der Waals surface area (Å²) in [5.74, 6) is -3.02. The van der Waals surface area contributed by atoms with Crippen molar-refractivity contribution >= 4 is 28.8 Å². The average Bonchev–Trinajstić information content (AvgIpc) is 2.87. The number of benzene rings is 2. The van der Waals surface area contributed by atoms with Crippen molar-refractivity contribution in [1.29, 1.82) is 0 Å². The molecule has 1 aromatic heterocycles. The monoisotopic (exact) mass is 335 g/mol. The number of rotatable bonds is 2. The highest BCUT2D eigenvalue weighted by Gasteiger charge is 2.39. The Kier molecular flexibility index (Phi) is 3.21. The maximum absolute atomic E-state index is 12.2. The largest absolute Gasteiger partial charge is 0.449 e. The first kappa shape index (κ1) is 14.8. The van der Waals surface area contributed by atoms with Crippen LogP contribution in [0.25, 0.3) is 11.0 Å². The minimum atomic E-state index is -1.11. The number of nitrogens with zero attached hydrogens (tertiary/aromatic N) is 1. The predicted molar refractivity (Wildman–Crippen MR) is 84.8 cm³/mol. The van der Waals surface area contributed by atoms with Crippen LogP contribution in [0.4, 0.5) is 0 Å². The Balaban J connectivity index is 1.67. The molecule has 2 heterocycles. The van der Waals surface area contributed by atoms with Crippen molar-refractivity contribution in [2.24, 2.45) is 0 Å². The third-order valence-corrected chi connectivity index (χ3v) is 3.77. The Morgan fingerprint density at radius 2 is 1.48 bits per heavy atom. The van der Waals surface area contributed by atoms with E-state index in [1.54, 1.807) is 30.3 Å². The lowest BCUT2D eigenvalue weighted by atomic mass is 10.1. The highest BCUT2D eigenvalue weighted by atomic mass is 16.7. The Bertz CT molecular complexity index is 1080. The second-order valence-corrected chi connectivity index (χ2v) is 5.30. The molecule has 0 aliphatic carbocycles. The summed E-state index contributed by atoms with van der Waals surface area (Å²) in [5.41, 5.74) is 0.0426. The van der Waals surface area contributed by atoms with E-state index in [1.165, 1.54) is 18.2 Å². The summed E-state index contributed by atoms with van der Waals surface area (Å²) in [5, 5.41) is 0.669. The minimum Gasteiger partial charge on any atom is -0.449 e. The van der Waals surface area contributed by atoms with Crippen molar-refractivity contribution in [3.63, 3.8) is 0 Å². The van der Waals surface area contributed by atoms with E-state index >= 15 is 0 Å². The fourth-order valence-corrected chi connectivity index (χ4v) is 2.58. The zero-order valence-corrected chi connectivity index (χ0v) is 12.6. The number of hydrogen-bond donors (Lipinski definition) is 0. The van der Waals surface area contributed by atoms with Gasteiger partial charge in [-0.05, 0) is 24.3 Å². The van der Waals surface area contributed by atoms with E-state index in [0.717, 1.165) is 6.07 Å². The van der Waals surface area contributed by atoms with Crippen LogP contribution in [0, 0.1) is 0 Å². The van der Waals surface area contributed by atoms with Gasteiger partial charge in [0.05, 0.1) is 16.5 Å². The van der Waals surface area contributed by atoms with Crippen molar-refractivity contribution in [1.82, 2.24) is 5.06 Å². The summed E-state index contributed by atoms with van der Waals surface area (Å²) in [6.45, 7) is 0. The van der Waals surface area contributed by atoms with Crippen LogP contribution in [0.1, 0.15) is 31.3 Å². The van der Waals surface area contributed by atoms with Gasteiger partial charge in [0.15, 0.2) is 5.43 Å². The number of fused-ring (bicyclic) bond motifs is 2. The first-order valence-electron chi connectivity index (χ1n) is 7.29. The zero-order valence-electron chi connectivity index (χ0n) is 12.6. The lowest BCUT2D eigenvalue weighted by Crippen LogP contribution is -2.32. The van der Waals surface area contributed by atoms with Crippen LogP contribution in [0.5, 0.6) is 0 Å². The van der Waals surface area contributed by atoms with Gasteiger partial charge in [0.1, 0.15) is 5.58 Å². The molecule has 0 bridgehead atoms. The lowest BCUT2D eigenvalue weighted by molar-refractivity contribution is -0.0603. The third kappa shape index (κ3) is 2.29. The van der Waals surface area contributed by atoms with Crippen LogP contribution in [-0.4, -0.2) is 22.8 Å². The van der Waals surface area contributed by atoms with Gasteiger partial charge in [-0.1, -0.05) is 29.3 Å². The van der Waals surface area contributed by atoms with Crippen LogP contribution in [0.3, 0.4) is 0 Å². The Labute approximate surface area is 140 Å². The third-order valence-electron chi connectivity index (χ3n) is 3.77. The molecule has 0 saturated carbocycles. The molecule has 0 unspecified atom stereocenters. The maximum atomic E-state index is 12.2. The van der Waals surface area contributed by atoms with Crippen molar-refractivity contribution in [2.75, 3.05) is 0 Å². The van der Waals surface area contributed by atoms with E-state index in [1.807, 2.05) is 0 Å². The SMILES string of the molecule is O=C(ON1C(=O)c2ccccc2C1=O)c1cc(=O)c2ccccc2o1. The molecule has 25 heavy (non-hydrogen) atoms. The van der Waals surface area contributed by atoms with E-state index in [2.05, 4.69) is 0 Å². The van der Waals surface area contributed by atoms with Gasteiger partial charge in [0.25, 0.3) is 11.8 Å². The van der Waals surface area contributed by atoms with E-state index in [0.29, 0.717) is 10.4 Å². The number of imide groups is 1. The van der Waals surface area contributed by atoms with Crippen LogP contribution in [0.15, 0.2) is 63.8 Å². The van der Waals surface area contributed by atoms with Gasteiger partial charge < -0.3 is 9.25 Å². The Morgan fingerprint density at radius 3 is 2.16 bits per heavy atom. The van der Waals surface area contributed by atoms with E-state index < -0.39 is 29.0 Å². The Hall–Kier alpha value is -3.74. The normalized spacial score (nSPS) is 13.2. The fraction of sp³-hybridized carbons (Fsp3) is 0. The molecule has 0 radical (unpaired) electrons. The summed E-state index contributed by atoms with van der Waals surface area (Å²) in [6.07, 6.45) is 0. The lowest BCUT2D eigenvalue weighted by Gasteiger charge is -2.12. The van der Waals surface area contributed by atoms with Gasteiger partial charge >= 0.3 is 5.97 Å². The summed E-state index contributed by atoms with van der Waals surface area (Å²) in [7, 11) is 0.